The lowest BCUT2D eigenvalue weighted by atomic mass is 10.2. The predicted octanol–water partition coefficient (Wildman–Crippen LogP) is 1.33. The van der Waals surface area contributed by atoms with Gasteiger partial charge in [-0.15, -0.1) is 0 Å². The van der Waals surface area contributed by atoms with Gasteiger partial charge in [0.05, 0.1) is 0 Å². The molecule has 0 amide bonds. The van der Waals surface area contributed by atoms with Crippen LogP contribution in [0.2, 0.25) is 0 Å². The second kappa shape index (κ2) is 5.89. The summed E-state index contributed by atoms with van der Waals surface area (Å²) < 4.78 is 0. The molecule has 1 unspecified atom stereocenters. The van der Waals surface area contributed by atoms with Crippen molar-refractivity contribution in [3.05, 3.63) is 0 Å². The normalized spacial score (nSPS) is 24.5. The monoisotopic (exact) mass is 202 g/mol. The Bertz CT molecular complexity index is 139. The molecular weight excluding hydrogens is 180 g/mol. The molecule has 0 aromatic carbocycles. The molecule has 3 heteroatoms. The predicted molar refractivity (Wildman–Crippen MR) is 61.6 cm³/mol. The molecule has 0 aromatic rings. The van der Waals surface area contributed by atoms with Crippen molar-refractivity contribution in [3.63, 3.8) is 0 Å². The summed E-state index contributed by atoms with van der Waals surface area (Å²) in [5.41, 5.74) is 0. The fourth-order valence-electron chi connectivity index (χ4n) is 1.88. The van der Waals surface area contributed by atoms with E-state index in [4.69, 9.17) is 0 Å². The second-order valence-corrected chi connectivity index (χ2v) is 4.58. The van der Waals surface area contributed by atoms with Crippen LogP contribution in [0.1, 0.15) is 19.3 Å². The maximum Gasteiger partial charge on any atom is 0.0229 e. The molecule has 78 valence electrons. The highest BCUT2D eigenvalue weighted by atomic mass is 32.1. The molecule has 0 spiro atoms. The van der Waals surface area contributed by atoms with Crippen LogP contribution in [0.15, 0.2) is 0 Å². The minimum absolute atomic E-state index is 0.788. The van der Waals surface area contributed by atoms with E-state index in [1.165, 1.54) is 38.9 Å². The topological polar surface area (TPSA) is 6.48 Å². The van der Waals surface area contributed by atoms with E-state index in [-0.39, 0.29) is 0 Å². The number of likely N-dealkylation sites (tertiary alicyclic amines) is 1. The van der Waals surface area contributed by atoms with Gasteiger partial charge in [0.1, 0.15) is 0 Å². The van der Waals surface area contributed by atoms with Gasteiger partial charge in [0.25, 0.3) is 0 Å². The Morgan fingerprint density at radius 1 is 1.38 bits per heavy atom. The average Bonchev–Trinajstić information content (AvgIpc) is 2.53. The van der Waals surface area contributed by atoms with E-state index in [2.05, 4.69) is 36.5 Å². The van der Waals surface area contributed by atoms with Crippen LogP contribution < -0.4 is 0 Å². The van der Waals surface area contributed by atoms with Crippen LogP contribution in [0, 0.1) is 0 Å². The SMILES string of the molecule is CN(C)C1CCN(CCCCS)C1. The zero-order valence-electron chi connectivity index (χ0n) is 8.87. The largest absolute Gasteiger partial charge is 0.305 e. The summed E-state index contributed by atoms with van der Waals surface area (Å²) >= 11 is 4.22. The van der Waals surface area contributed by atoms with E-state index >= 15 is 0 Å². The van der Waals surface area contributed by atoms with E-state index in [0.717, 1.165) is 11.8 Å². The first-order valence-corrected chi connectivity index (χ1v) is 5.87. The molecule has 0 saturated carbocycles. The van der Waals surface area contributed by atoms with Gasteiger partial charge in [-0.2, -0.15) is 12.6 Å². The molecule has 1 aliphatic rings. The molecule has 0 aromatic heterocycles. The van der Waals surface area contributed by atoms with Crippen LogP contribution in [-0.2, 0) is 0 Å². The van der Waals surface area contributed by atoms with E-state index in [1.54, 1.807) is 0 Å². The number of hydrogen-bond donors (Lipinski definition) is 1. The van der Waals surface area contributed by atoms with Gasteiger partial charge in [0.2, 0.25) is 0 Å². The first-order valence-electron chi connectivity index (χ1n) is 5.23. The Hall–Kier alpha value is 0.270. The Labute approximate surface area is 87.7 Å². The van der Waals surface area contributed by atoms with E-state index in [1.807, 2.05) is 0 Å². The van der Waals surface area contributed by atoms with E-state index in [9.17, 15) is 0 Å². The first kappa shape index (κ1) is 11.3. The standard InChI is InChI=1S/C10H22N2S/c1-11(2)10-5-7-12(9-10)6-3-4-8-13/h10,13H,3-9H2,1-2H3. The summed E-state index contributed by atoms with van der Waals surface area (Å²) in [5.74, 6) is 1.03. The van der Waals surface area contributed by atoms with Crippen molar-refractivity contribution in [2.45, 2.75) is 25.3 Å². The molecule has 1 saturated heterocycles. The van der Waals surface area contributed by atoms with Crippen molar-refractivity contribution >= 4 is 12.6 Å². The summed E-state index contributed by atoms with van der Waals surface area (Å²) in [7, 11) is 4.36. The number of likely N-dealkylation sites (N-methyl/N-ethyl adjacent to an activating group) is 1. The molecule has 0 radical (unpaired) electrons. The van der Waals surface area contributed by atoms with Gasteiger partial charge in [0, 0.05) is 12.6 Å². The summed E-state index contributed by atoms with van der Waals surface area (Å²) in [6, 6.07) is 0.788. The first-order chi connectivity index (χ1) is 6.24. The summed E-state index contributed by atoms with van der Waals surface area (Å²) in [6.07, 6.45) is 3.91. The lowest BCUT2D eigenvalue weighted by Crippen LogP contribution is -2.31. The smallest absolute Gasteiger partial charge is 0.0229 e. The van der Waals surface area contributed by atoms with Crippen molar-refractivity contribution in [1.29, 1.82) is 0 Å². The van der Waals surface area contributed by atoms with E-state index in [0.29, 0.717) is 0 Å². The molecule has 13 heavy (non-hydrogen) atoms. The molecule has 0 N–H and O–H groups in total. The number of thiol groups is 1. The quantitative estimate of drug-likeness (QED) is 0.531. The van der Waals surface area contributed by atoms with Gasteiger partial charge < -0.3 is 9.80 Å². The zero-order valence-corrected chi connectivity index (χ0v) is 9.76. The van der Waals surface area contributed by atoms with Crippen LogP contribution in [-0.4, -0.2) is 55.3 Å². The maximum atomic E-state index is 4.22. The number of rotatable bonds is 5. The average molecular weight is 202 g/mol. The van der Waals surface area contributed by atoms with Crippen molar-refractivity contribution in [3.8, 4) is 0 Å². The van der Waals surface area contributed by atoms with Crippen molar-refractivity contribution in [1.82, 2.24) is 9.80 Å². The Morgan fingerprint density at radius 2 is 2.15 bits per heavy atom. The van der Waals surface area contributed by atoms with Crippen LogP contribution in [0.4, 0.5) is 0 Å². The fraction of sp³-hybridized carbons (Fsp3) is 1.00. The molecule has 0 aliphatic carbocycles. The third kappa shape index (κ3) is 3.88. The van der Waals surface area contributed by atoms with Crippen molar-refractivity contribution in [2.75, 3.05) is 39.5 Å². The van der Waals surface area contributed by atoms with Gasteiger partial charge in [-0.05, 0) is 52.2 Å². The highest BCUT2D eigenvalue weighted by Crippen LogP contribution is 2.13. The molecule has 1 fully saturated rings. The number of nitrogens with zero attached hydrogens (tertiary/aromatic N) is 2. The minimum atomic E-state index is 0.788. The van der Waals surface area contributed by atoms with Crippen LogP contribution >= 0.6 is 12.6 Å². The molecule has 1 atom stereocenters. The fourth-order valence-corrected chi connectivity index (χ4v) is 2.11. The van der Waals surface area contributed by atoms with Crippen molar-refractivity contribution < 1.29 is 0 Å². The van der Waals surface area contributed by atoms with Crippen LogP contribution in [0.25, 0.3) is 0 Å². The highest BCUT2D eigenvalue weighted by molar-refractivity contribution is 7.80. The molecular formula is C10H22N2S. The lowest BCUT2D eigenvalue weighted by molar-refractivity contribution is 0.267. The Balaban J connectivity index is 2.10. The number of hydrogen-bond acceptors (Lipinski definition) is 3. The summed E-state index contributed by atoms with van der Waals surface area (Å²) in [5, 5.41) is 0. The Kier molecular flexibility index (Phi) is 5.14. The van der Waals surface area contributed by atoms with Gasteiger partial charge in [-0.3, -0.25) is 0 Å². The van der Waals surface area contributed by atoms with Gasteiger partial charge in [0.15, 0.2) is 0 Å². The zero-order chi connectivity index (χ0) is 9.68. The third-order valence-corrected chi connectivity index (χ3v) is 3.18. The minimum Gasteiger partial charge on any atom is -0.305 e. The van der Waals surface area contributed by atoms with Crippen molar-refractivity contribution in [2.24, 2.45) is 0 Å². The second-order valence-electron chi connectivity index (χ2n) is 4.14. The lowest BCUT2D eigenvalue weighted by Gasteiger charge is -2.20. The maximum absolute atomic E-state index is 4.22. The molecule has 2 nitrogen and oxygen atoms in total. The molecule has 1 aliphatic heterocycles. The Morgan fingerprint density at radius 3 is 2.69 bits per heavy atom. The third-order valence-electron chi connectivity index (χ3n) is 2.86. The highest BCUT2D eigenvalue weighted by Gasteiger charge is 2.22. The summed E-state index contributed by atoms with van der Waals surface area (Å²) in [4.78, 5) is 4.92. The molecule has 0 bridgehead atoms. The van der Waals surface area contributed by atoms with Gasteiger partial charge in [-0.1, -0.05) is 0 Å². The number of unbranched alkanes of at least 4 members (excludes halogenated alkanes) is 1. The van der Waals surface area contributed by atoms with Crippen LogP contribution in [0.3, 0.4) is 0 Å². The summed E-state index contributed by atoms with van der Waals surface area (Å²) in [6.45, 7) is 3.82. The molecule has 1 rings (SSSR count). The van der Waals surface area contributed by atoms with E-state index < -0.39 is 0 Å². The molecule has 1 heterocycles. The van der Waals surface area contributed by atoms with Gasteiger partial charge >= 0.3 is 0 Å². The van der Waals surface area contributed by atoms with Crippen LogP contribution in [0.5, 0.6) is 0 Å². The van der Waals surface area contributed by atoms with Gasteiger partial charge in [-0.25, -0.2) is 0 Å².